The van der Waals surface area contributed by atoms with E-state index in [9.17, 15) is 10.2 Å². The minimum absolute atomic E-state index is 0. The maximum absolute atomic E-state index is 12.1. The van der Waals surface area contributed by atoms with E-state index in [1.165, 1.54) is 12.1 Å². The fourth-order valence-electron chi connectivity index (χ4n) is 1.74. The first-order chi connectivity index (χ1) is 9.73. The van der Waals surface area contributed by atoms with E-state index >= 15 is 0 Å². The van der Waals surface area contributed by atoms with Crippen molar-refractivity contribution in [2.75, 3.05) is 0 Å². The minimum atomic E-state index is -0.569. The Morgan fingerprint density at radius 3 is 1.70 bits per heavy atom. The number of benzene rings is 2. The van der Waals surface area contributed by atoms with Crippen LogP contribution in [0.2, 0.25) is 30.1 Å². The fourth-order valence-corrected chi connectivity index (χ4v) is 3.13. The first kappa shape index (κ1) is 25.4. The molecule has 2 nitrogen and oxygen atoms in total. The van der Waals surface area contributed by atoms with Crippen LogP contribution in [0.1, 0.15) is 11.1 Å². The summed E-state index contributed by atoms with van der Waals surface area (Å²) in [4.78, 5) is 0. The van der Waals surface area contributed by atoms with Gasteiger partial charge in [0.25, 0.3) is 0 Å². The van der Waals surface area contributed by atoms with Gasteiger partial charge in [0, 0.05) is 10.0 Å². The van der Waals surface area contributed by atoms with Gasteiger partial charge in [0.2, 0.25) is 0 Å². The van der Waals surface area contributed by atoms with E-state index in [4.69, 9.17) is 69.6 Å². The number of hydrogen-bond donors (Lipinski definition) is 0. The molecule has 112 valence electrons. The summed E-state index contributed by atoms with van der Waals surface area (Å²) in [7, 11) is 0. The Hall–Kier alpha value is 2.42. The Kier molecular flexibility index (Phi) is 11.8. The molecule has 0 aliphatic carbocycles. The Morgan fingerprint density at radius 2 is 1.13 bits per heavy atom. The SMILES string of the molecule is [K+].[Na+].[O-]c1c(Cl)c(Cl)cc(Cl)c1Cc1c([O-])c(Cl)cc(Cl)c1Cl. The van der Waals surface area contributed by atoms with Crippen molar-refractivity contribution in [2.24, 2.45) is 0 Å². The Labute approximate surface area is 228 Å². The second-order valence-electron chi connectivity index (χ2n) is 4.10. The van der Waals surface area contributed by atoms with E-state index in [0.29, 0.717) is 0 Å². The van der Waals surface area contributed by atoms with Crippen molar-refractivity contribution < 1.29 is 91.2 Å². The molecule has 2 aromatic carbocycles. The van der Waals surface area contributed by atoms with Gasteiger partial charge in [-0.15, -0.1) is 0 Å². The van der Waals surface area contributed by atoms with Crippen LogP contribution >= 0.6 is 69.6 Å². The molecule has 10 heteroatoms. The summed E-state index contributed by atoms with van der Waals surface area (Å²) in [5.41, 5.74) is 0.176. The molecule has 0 aliphatic heterocycles. The Morgan fingerprint density at radius 1 is 0.652 bits per heavy atom. The molecule has 0 bridgehead atoms. The molecule has 0 atom stereocenters. The monoisotopic (exact) mass is 464 g/mol. The predicted octanol–water partition coefficient (Wildman–Crippen LogP) is -0.647. The average Bonchev–Trinajstić information content (AvgIpc) is 2.42. The summed E-state index contributed by atoms with van der Waals surface area (Å²) in [6, 6.07) is 2.57. The molecule has 0 radical (unpaired) electrons. The van der Waals surface area contributed by atoms with Gasteiger partial charge in [-0.3, -0.25) is 0 Å². The van der Waals surface area contributed by atoms with Crippen molar-refractivity contribution in [3.05, 3.63) is 53.4 Å². The number of rotatable bonds is 2. The summed E-state index contributed by atoms with van der Waals surface area (Å²) >= 11 is 35.2. The van der Waals surface area contributed by atoms with Crippen molar-refractivity contribution >= 4 is 69.6 Å². The molecule has 0 fully saturated rings. The normalized spacial score (nSPS) is 10.0. The van der Waals surface area contributed by atoms with Crippen LogP contribution in [0.15, 0.2) is 12.1 Å². The smallest absolute Gasteiger partial charge is 0.871 e. The van der Waals surface area contributed by atoms with Gasteiger partial charge in [0.15, 0.2) is 0 Å². The van der Waals surface area contributed by atoms with Gasteiger partial charge in [0.05, 0.1) is 20.1 Å². The first-order valence-corrected chi connectivity index (χ1v) is 7.67. The zero-order valence-corrected chi connectivity index (χ0v) is 21.6. The van der Waals surface area contributed by atoms with Gasteiger partial charge in [-0.1, -0.05) is 81.1 Å². The van der Waals surface area contributed by atoms with Crippen LogP contribution in [0.3, 0.4) is 0 Å². The zero-order chi connectivity index (χ0) is 15.9. The van der Waals surface area contributed by atoms with E-state index < -0.39 is 11.5 Å². The third kappa shape index (κ3) is 5.69. The van der Waals surface area contributed by atoms with E-state index in [2.05, 4.69) is 0 Å². The Balaban J connectivity index is 0.00000242. The van der Waals surface area contributed by atoms with E-state index in [-0.39, 0.29) is 129 Å². The topological polar surface area (TPSA) is 46.1 Å². The fraction of sp³-hybridized carbons (Fsp3) is 0.0769. The quantitative estimate of drug-likeness (QED) is 0.436. The molecule has 0 aromatic heterocycles. The zero-order valence-electron chi connectivity index (χ0n) is 11.9. The molecule has 0 amide bonds. The van der Waals surface area contributed by atoms with Crippen LogP contribution in [0.25, 0.3) is 0 Å². The minimum Gasteiger partial charge on any atom is -0.871 e. The maximum Gasteiger partial charge on any atom is 1.00 e. The number of halogens is 6. The summed E-state index contributed by atoms with van der Waals surface area (Å²) in [5.74, 6) is -1.09. The molecule has 0 saturated heterocycles. The van der Waals surface area contributed by atoms with Gasteiger partial charge in [-0.25, -0.2) is 0 Å². The van der Waals surface area contributed by atoms with Gasteiger partial charge in [-0.2, -0.15) is 0 Å². The molecule has 0 aliphatic rings. The van der Waals surface area contributed by atoms with Gasteiger partial charge < -0.3 is 10.2 Å². The molecule has 2 rings (SSSR count). The van der Waals surface area contributed by atoms with Gasteiger partial charge in [0.1, 0.15) is 0 Å². The van der Waals surface area contributed by atoms with Crippen LogP contribution < -0.4 is 91.2 Å². The first-order valence-electron chi connectivity index (χ1n) is 5.40. The third-order valence-corrected chi connectivity index (χ3v) is 5.01. The second kappa shape index (κ2) is 10.7. The van der Waals surface area contributed by atoms with Gasteiger partial charge in [-0.05, 0) is 29.7 Å². The molecule has 0 heterocycles. The van der Waals surface area contributed by atoms with Crippen LogP contribution in [0, 0.1) is 0 Å². The van der Waals surface area contributed by atoms with Gasteiger partial charge >= 0.3 is 80.9 Å². The molecule has 0 spiro atoms. The van der Waals surface area contributed by atoms with Crippen molar-refractivity contribution in [3.63, 3.8) is 0 Å². The summed E-state index contributed by atoms with van der Waals surface area (Å²) in [6.45, 7) is 0. The van der Waals surface area contributed by atoms with Crippen LogP contribution in [-0.2, 0) is 6.42 Å². The van der Waals surface area contributed by atoms with E-state index in [1.54, 1.807) is 0 Å². The standard InChI is InChI=1S/C13H6Cl6O2.K.Na/c14-6-2-8(16)11(19)13(21)4(6)1-5-10(18)7(15)3-9(17)12(5)20;;/h2-3,20-21H,1H2;;/q;2*+1/p-2. The van der Waals surface area contributed by atoms with Crippen molar-refractivity contribution in [1.29, 1.82) is 0 Å². The number of hydrogen-bond acceptors (Lipinski definition) is 2. The summed E-state index contributed by atoms with van der Waals surface area (Å²) < 4.78 is 0. The third-order valence-electron chi connectivity index (χ3n) is 2.80. The molecule has 0 unspecified atom stereocenters. The molecule has 0 saturated carbocycles. The molecular weight excluding hydrogens is 463 g/mol. The second-order valence-corrected chi connectivity index (χ2v) is 6.49. The largest absolute Gasteiger partial charge is 1.00 e. The van der Waals surface area contributed by atoms with E-state index in [1.807, 2.05) is 0 Å². The van der Waals surface area contributed by atoms with E-state index in [0.717, 1.165) is 0 Å². The maximum atomic E-state index is 12.1. The van der Waals surface area contributed by atoms with Crippen molar-refractivity contribution in [1.82, 2.24) is 0 Å². The van der Waals surface area contributed by atoms with Crippen molar-refractivity contribution in [2.45, 2.75) is 6.42 Å². The van der Waals surface area contributed by atoms with Crippen LogP contribution in [-0.4, -0.2) is 0 Å². The molecule has 0 N–H and O–H groups in total. The predicted molar refractivity (Wildman–Crippen MR) is 84.6 cm³/mol. The van der Waals surface area contributed by atoms with Crippen LogP contribution in [0.4, 0.5) is 0 Å². The average molecular weight is 467 g/mol. The Bertz CT molecular complexity index is 715. The molecular formula is C13H4Cl6KNaO2. The summed E-state index contributed by atoms with van der Waals surface area (Å²) in [6.07, 6.45) is -0.146. The summed E-state index contributed by atoms with van der Waals surface area (Å²) in [5, 5.41) is 24.1. The van der Waals surface area contributed by atoms with Crippen LogP contribution in [0.5, 0.6) is 11.5 Å². The molecule has 23 heavy (non-hydrogen) atoms. The molecule has 2 aromatic rings. The van der Waals surface area contributed by atoms with Crippen molar-refractivity contribution in [3.8, 4) is 11.5 Å².